The van der Waals surface area contributed by atoms with Gasteiger partial charge in [0.25, 0.3) is 0 Å². The molecule has 1 aromatic carbocycles. The van der Waals surface area contributed by atoms with Gasteiger partial charge in [0, 0.05) is 47.8 Å². The van der Waals surface area contributed by atoms with Crippen molar-refractivity contribution >= 4 is 23.2 Å². The van der Waals surface area contributed by atoms with Crippen LogP contribution in [-0.2, 0) is 9.59 Å². The normalized spacial score (nSPS) is 19.5. The van der Waals surface area contributed by atoms with Crippen LogP contribution in [0.5, 0.6) is 11.5 Å². The Kier molecular flexibility index (Phi) is 6.42. The highest BCUT2D eigenvalue weighted by molar-refractivity contribution is 6.32. The Bertz CT molecular complexity index is 934. The summed E-state index contributed by atoms with van der Waals surface area (Å²) in [7, 11) is 1.58. The number of halogens is 1. The highest BCUT2D eigenvalue weighted by atomic mass is 35.5. The van der Waals surface area contributed by atoms with Gasteiger partial charge in [-0.05, 0) is 56.7 Å². The Morgan fingerprint density at radius 1 is 1.00 bits per heavy atom. The number of allylic oxidation sites excluding steroid dienone is 4. The highest BCUT2D eigenvalue weighted by Crippen LogP contribution is 2.51. The van der Waals surface area contributed by atoms with E-state index < -0.39 is 0 Å². The number of hydrogen-bond acceptors (Lipinski definition) is 5. The molecule has 166 valence electrons. The standard InChI is InChI=1S/C25H30ClNO4/c1-4-12-27-17-8-6-10-19(28)23(17)22(24-18(27)9-7-11-20(24)29)15-13-16(26)25(31-5-2)21(14-15)30-3/h13-14,22H,4-12H2,1-3H3. The van der Waals surface area contributed by atoms with Crippen LogP contribution in [0.15, 0.2) is 34.7 Å². The number of methoxy groups -OCH3 is 1. The largest absolute Gasteiger partial charge is 0.493 e. The van der Waals surface area contributed by atoms with Gasteiger partial charge in [-0.15, -0.1) is 0 Å². The van der Waals surface area contributed by atoms with E-state index in [4.69, 9.17) is 21.1 Å². The molecule has 0 saturated carbocycles. The molecule has 0 N–H and O–H groups in total. The van der Waals surface area contributed by atoms with Crippen LogP contribution in [-0.4, -0.2) is 36.7 Å². The molecule has 2 aliphatic carbocycles. The lowest BCUT2D eigenvalue weighted by Gasteiger charge is -2.44. The zero-order chi connectivity index (χ0) is 22.1. The van der Waals surface area contributed by atoms with Crippen LogP contribution in [0.25, 0.3) is 0 Å². The summed E-state index contributed by atoms with van der Waals surface area (Å²) in [6, 6.07) is 3.73. The van der Waals surface area contributed by atoms with Crippen LogP contribution >= 0.6 is 11.6 Å². The summed E-state index contributed by atoms with van der Waals surface area (Å²) in [5.41, 5.74) is 4.57. The van der Waals surface area contributed by atoms with Gasteiger partial charge in [0.2, 0.25) is 0 Å². The van der Waals surface area contributed by atoms with Gasteiger partial charge in [0.15, 0.2) is 23.1 Å². The van der Waals surface area contributed by atoms with E-state index in [0.29, 0.717) is 36.0 Å². The van der Waals surface area contributed by atoms with Gasteiger partial charge in [-0.25, -0.2) is 0 Å². The minimum absolute atomic E-state index is 0.140. The first kappa shape index (κ1) is 21.9. The maximum Gasteiger partial charge on any atom is 0.179 e. The summed E-state index contributed by atoms with van der Waals surface area (Å²) in [4.78, 5) is 28.8. The topological polar surface area (TPSA) is 55.8 Å². The summed E-state index contributed by atoms with van der Waals surface area (Å²) >= 11 is 6.60. The van der Waals surface area contributed by atoms with Crippen molar-refractivity contribution < 1.29 is 19.1 Å². The number of rotatable bonds is 6. The van der Waals surface area contributed by atoms with Crippen molar-refractivity contribution in [3.8, 4) is 11.5 Å². The molecule has 1 heterocycles. The first-order valence-electron chi connectivity index (χ1n) is 11.3. The average molecular weight is 444 g/mol. The summed E-state index contributed by atoms with van der Waals surface area (Å²) in [6.07, 6.45) is 5.45. The highest BCUT2D eigenvalue weighted by Gasteiger charge is 2.43. The zero-order valence-electron chi connectivity index (χ0n) is 18.6. The fraction of sp³-hybridized carbons (Fsp3) is 0.520. The smallest absolute Gasteiger partial charge is 0.179 e. The Labute approximate surface area is 189 Å². The summed E-state index contributed by atoms with van der Waals surface area (Å²) in [5.74, 6) is 0.909. The van der Waals surface area contributed by atoms with Gasteiger partial charge < -0.3 is 14.4 Å². The predicted molar refractivity (Wildman–Crippen MR) is 121 cm³/mol. The number of carbonyl (C=O) groups is 2. The second-order valence-corrected chi connectivity index (χ2v) is 8.73. The second kappa shape index (κ2) is 9.07. The van der Waals surface area contributed by atoms with E-state index in [1.807, 2.05) is 19.1 Å². The van der Waals surface area contributed by atoms with Crippen LogP contribution in [0, 0.1) is 0 Å². The zero-order valence-corrected chi connectivity index (χ0v) is 19.3. The van der Waals surface area contributed by atoms with Crippen molar-refractivity contribution in [2.45, 2.75) is 64.7 Å². The lowest BCUT2D eigenvalue weighted by atomic mass is 9.71. The minimum atomic E-state index is -0.388. The van der Waals surface area contributed by atoms with Crippen molar-refractivity contribution in [2.24, 2.45) is 0 Å². The van der Waals surface area contributed by atoms with Crippen LogP contribution in [0.4, 0.5) is 0 Å². The number of hydrogen-bond donors (Lipinski definition) is 0. The van der Waals surface area contributed by atoms with Gasteiger partial charge >= 0.3 is 0 Å². The second-order valence-electron chi connectivity index (χ2n) is 8.33. The van der Waals surface area contributed by atoms with Crippen LogP contribution < -0.4 is 9.47 Å². The van der Waals surface area contributed by atoms with E-state index >= 15 is 0 Å². The summed E-state index contributed by atoms with van der Waals surface area (Å²) < 4.78 is 11.3. The van der Waals surface area contributed by atoms with E-state index in [2.05, 4.69) is 11.8 Å². The molecule has 0 atom stereocenters. The molecular weight excluding hydrogens is 414 g/mol. The third-order valence-electron chi connectivity index (χ3n) is 6.41. The molecule has 1 aromatic rings. The van der Waals surface area contributed by atoms with Crippen molar-refractivity contribution in [2.75, 3.05) is 20.3 Å². The van der Waals surface area contributed by atoms with Crippen LogP contribution in [0.3, 0.4) is 0 Å². The predicted octanol–water partition coefficient (Wildman–Crippen LogP) is 5.57. The Morgan fingerprint density at radius 2 is 1.61 bits per heavy atom. The van der Waals surface area contributed by atoms with E-state index in [1.54, 1.807) is 7.11 Å². The van der Waals surface area contributed by atoms with Crippen molar-refractivity contribution in [3.63, 3.8) is 0 Å². The Hall–Kier alpha value is -2.27. The maximum absolute atomic E-state index is 13.2. The van der Waals surface area contributed by atoms with Crippen LogP contribution in [0.1, 0.15) is 70.3 Å². The van der Waals surface area contributed by atoms with Gasteiger partial charge in [-0.3, -0.25) is 9.59 Å². The molecule has 0 unspecified atom stereocenters. The maximum atomic E-state index is 13.2. The number of Topliss-reactive ketones (excluding diaryl/α,β-unsaturated/α-hetero) is 2. The first-order valence-corrected chi connectivity index (χ1v) is 11.7. The van der Waals surface area contributed by atoms with Gasteiger partial charge in [-0.2, -0.15) is 0 Å². The van der Waals surface area contributed by atoms with E-state index in [9.17, 15) is 9.59 Å². The number of carbonyl (C=O) groups excluding carboxylic acids is 2. The molecular formula is C25H30ClNO4. The molecule has 0 amide bonds. The molecule has 3 aliphatic rings. The lowest BCUT2D eigenvalue weighted by molar-refractivity contribution is -0.117. The summed E-state index contributed by atoms with van der Waals surface area (Å²) in [5, 5.41) is 0.433. The van der Waals surface area contributed by atoms with Gasteiger partial charge in [0.1, 0.15) is 0 Å². The van der Waals surface area contributed by atoms with Crippen molar-refractivity contribution in [3.05, 3.63) is 45.3 Å². The molecule has 0 saturated heterocycles. The van der Waals surface area contributed by atoms with E-state index in [0.717, 1.165) is 66.8 Å². The monoisotopic (exact) mass is 443 g/mol. The Balaban J connectivity index is 1.95. The van der Waals surface area contributed by atoms with Gasteiger partial charge in [-0.1, -0.05) is 18.5 Å². The number of nitrogens with zero attached hydrogens (tertiary/aromatic N) is 1. The lowest BCUT2D eigenvalue weighted by Crippen LogP contribution is -2.39. The van der Waals surface area contributed by atoms with Crippen LogP contribution in [0.2, 0.25) is 5.02 Å². The molecule has 0 fully saturated rings. The molecule has 5 nitrogen and oxygen atoms in total. The fourth-order valence-corrected chi connectivity index (χ4v) is 5.51. The third kappa shape index (κ3) is 3.78. The number of ketones is 2. The molecule has 31 heavy (non-hydrogen) atoms. The van der Waals surface area contributed by atoms with Crippen molar-refractivity contribution in [1.29, 1.82) is 0 Å². The average Bonchev–Trinajstić information content (AvgIpc) is 2.76. The van der Waals surface area contributed by atoms with E-state index in [-0.39, 0.29) is 17.5 Å². The molecule has 0 bridgehead atoms. The third-order valence-corrected chi connectivity index (χ3v) is 6.69. The minimum Gasteiger partial charge on any atom is -0.493 e. The molecule has 4 rings (SSSR count). The molecule has 0 spiro atoms. The molecule has 6 heteroatoms. The fourth-order valence-electron chi connectivity index (χ4n) is 5.23. The SMILES string of the molecule is CCCN1C2=C(C(=O)CCC2)C(c2cc(Cl)c(OCC)c(OC)c2)C2=C1CCCC2=O. The molecule has 1 aliphatic heterocycles. The molecule has 0 radical (unpaired) electrons. The molecule has 0 aromatic heterocycles. The number of ether oxygens (including phenoxy) is 2. The first-order chi connectivity index (χ1) is 15.0. The van der Waals surface area contributed by atoms with Gasteiger partial charge in [0.05, 0.1) is 18.7 Å². The number of benzene rings is 1. The quantitative estimate of drug-likeness (QED) is 0.575. The van der Waals surface area contributed by atoms with E-state index in [1.165, 1.54) is 0 Å². The Morgan fingerprint density at radius 3 is 2.13 bits per heavy atom. The van der Waals surface area contributed by atoms with Crippen molar-refractivity contribution in [1.82, 2.24) is 4.90 Å². The summed E-state index contributed by atoms with van der Waals surface area (Å²) in [6.45, 7) is 5.33.